The van der Waals surface area contributed by atoms with Gasteiger partial charge in [-0.2, -0.15) is 0 Å². The van der Waals surface area contributed by atoms with Crippen molar-refractivity contribution in [1.82, 2.24) is 14.7 Å². The zero-order valence-corrected chi connectivity index (χ0v) is 12.8. The summed E-state index contributed by atoms with van der Waals surface area (Å²) in [5.74, 6) is 1.19. The molecule has 1 aromatic rings. The lowest BCUT2D eigenvalue weighted by atomic mass is 10.3. The maximum atomic E-state index is 12.0. The summed E-state index contributed by atoms with van der Waals surface area (Å²) in [6.45, 7) is 3.77. The fourth-order valence-electron chi connectivity index (χ4n) is 2.53. The predicted octanol–water partition coefficient (Wildman–Crippen LogP) is 0.536. The Kier molecular flexibility index (Phi) is 3.99. The van der Waals surface area contributed by atoms with Gasteiger partial charge in [0.2, 0.25) is 10.0 Å². The van der Waals surface area contributed by atoms with Crippen LogP contribution in [0.1, 0.15) is 26.2 Å². The van der Waals surface area contributed by atoms with E-state index in [4.69, 9.17) is 4.74 Å². The Labute approximate surface area is 124 Å². The molecule has 116 valence electrons. The Balaban J connectivity index is 1.67. The van der Waals surface area contributed by atoms with E-state index in [0.29, 0.717) is 24.8 Å². The smallest absolute Gasteiger partial charge is 0.257 e. The molecule has 0 radical (unpaired) electrons. The SMILES string of the molecule is CCOc1nccnc1N1CCC(NS(=O)(=O)C2CC2)C1. The molecule has 8 heteroatoms. The Hall–Kier alpha value is -1.41. The molecule has 0 aromatic carbocycles. The molecule has 2 heterocycles. The van der Waals surface area contributed by atoms with E-state index in [0.717, 1.165) is 25.8 Å². The molecule has 0 spiro atoms. The van der Waals surface area contributed by atoms with E-state index in [1.165, 1.54) is 0 Å². The van der Waals surface area contributed by atoms with Crippen LogP contribution in [0, 0.1) is 0 Å². The minimum absolute atomic E-state index is 0.0629. The molecule has 2 aliphatic rings. The van der Waals surface area contributed by atoms with Crippen molar-refractivity contribution >= 4 is 15.8 Å². The van der Waals surface area contributed by atoms with E-state index >= 15 is 0 Å². The number of ether oxygens (including phenoxy) is 1. The summed E-state index contributed by atoms with van der Waals surface area (Å²) in [4.78, 5) is 10.5. The zero-order valence-electron chi connectivity index (χ0n) is 12.0. The third kappa shape index (κ3) is 3.26. The van der Waals surface area contributed by atoms with E-state index in [1.54, 1.807) is 12.4 Å². The number of hydrogen-bond donors (Lipinski definition) is 1. The first-order chi connectivity index (χ1) is 10.1. The number of aromatic nitrogens is 2. The number of sulfonamides is 1. The van der Waals surface area contributed by atoms with Gasteiger partial charge in [-0.05, 0) is 26.2 Å². The molecule has 1 saturated carbocycles. The first kappa shape index (κ1) is 14.5. The number of nitrogens with zero attached hydrogens (tertiary/aromatic N) is 3. The number of rotatable bonds is 6. The van der Waals surface area contributed by atoms with E-state index < -0.39 is 10.0 Å². The number of hydrogen-bond acceptors (Lipinski definition) is 6. The van der Waals surface area contributed by atoms with Crippen LogP contribution in [0.15, 0.2) is 12.4 Å². The first-order valence-corrected chi connectivity index (χ1v) is 8.84. The van der Waals surface area contributed by atoms with Gasteiger partial charge in [0.05, 0.1) is 11.9 Å². The summed E-state index contributed by atoms with van der Waals surface area (Å²) in [5.41, 5.74) is 0. The van der Waals surface area contributed by atoms with Crippen LogP contribution in [0.5, 0.6) is 5.88 Å². The minimum Gasteiger partial charge on any atom is -0.475 e. The second kappa shape index (κ2) is 5.76. The van der Waals surface area contributed by atoms with Crippen molar-refractivity contribution in [2.45, 2.75) is 37.5 Å². The number of anilines is 1. The molecule has 0 amide bonds. The molecule has 3 rings (SSSR count). The van der Waals surface area contributed by atoms with E-state index in [9.17, 15) is 8.42 Å². The van der Waals surface area contributed by atoms with Gasteiger partial charge in [0.15, 0.2) is 5.82 Å². The van der Waals surface area contributed by atoms with Gasteiger partial charge in [-0.3, -0.25) is 0 Å². The van der Waals surface area contributed by atoms with Crippen LogP contribution in [-0.2, 0) is 10.0 Å². The standard InChI is InChI=1S/C13H20N4O3S/c1-2-20-13-12(14-6-7-15-13)17-8-5-10(9-17)16-21(18,19)11-3-4-11/h6-7,10-11,16H,2-5,8-9H2,1H3. The summed E-state index contributed by atoms with van der Waals surface area (Å²) in [7, 11) is -3.14. The van der Waals surface area contributed by atoms with Gasteiger partial charge in [0, 0.05) is 31.5 Å². The van der Waals surface area contributed by atoms with Crippen molar-refractivity contribution in [1.29, 1.82) is 0 Å². The lowest BCUT2D eigenvalue weighted by molar-refractivity contribution is 0.326. The van der Waals surface area contributed by atoms with Crippen molar-refractivity contribution in [3.8, 4) is 5.88 Å². The van der Waals surface area contributed by atoms with Gasteiger partial charge in [-0.25, -0.2) is 23.1 Å². The third-order valence-electron chi connectivity index (χ3n) is 3.71. The summed E-state index contributed by atoms with van der Waals surface area (Å²) in [6.07, 6.45) is 5.56. The Bertz CT molecular complexity index is 603. The lowest BCUT2D eigenvalue weighted by Gasteiger charge is -2.19. The average molecular weight is 312 g/mol. The highest BCUT2D eigenvalue weighted by Crippen LogP contribution is 2.30. The predicted molar refractivity (Wildman–Crippen MR) is 78.9 cm³/mol. The van der Waals surface area contributed by atoms with Crippen LogP contribution in [0.3, 0.4) is 0 Å². The molecular weight excluding hydrogens is 292 g/mol. The molecule has 1 atom stereocenters. The van der Waals surface area contributed by atoms with Gasteiger partial charge < -0.3 is 9.64 Å². The quantitative estimate of drug-likeness (QED) is 0.825. The van der Waals surface area contributed by atoms with Crippen LogP contribution < -0.4 is 14.4 Å². The van der Waals surface area contributed by atoms with Crippen LogP contribution in [-0.4, -0.2) is 49.4 Å². The van der Waals surface area contributed by atoms with Crippen molar-refractivity contribution in [2.24, 2.45) is 0 Å². The van der Waals surface area contributed by atoms with Gasteiger partial charge in [-0.15, -0.1) is 0 Å². The van der Waals surface area contributed by atoms with Crippen molar-refractivity contribution < 1.29 is 13.2 Å². The normalized spacial score (nSPS) is 22.5. The second-order valence-corrected chi connectivity index (χ2v) is 7.40. The van der Waals surface area contributed by atoms with Gasteiger partial charge in [0.25, 0.3) is 5.88 Å². The third-order valence-corrected chi connectivity index (χ3v) is 5.72. The summed E-state index contributed by atoms with van der Waals surface area (Å²) in [5, 5.41) is -0.179. The topological polar surface area (TPSA) is 84.4 Å². The fraction of sp³-hybridized carbons (Fsp3) is 0.692. The summed E-state index contributed by atoms with van der Waals surface area (Å²) < 4.78 is 32.2. The summed E-state index contributed by atoms with van der Waals surface area (Å²) in [6, 6.07) is -0.0629. The van der Waals surface area contributed by atoms with Crippen LogP contribution >= 0.6 is 0 Å². The highest BCUT2D eigenvalue weighted by molar-refractivity contribution is 7.90. The maximum Gasteiger partial charge on any atom is 0.257 e. The van der Waals surface area contributed by atoms with Gasteiger partial charge in [-0.1, -0.05) is 0 Å². The van der Waals surface area contributed by atoms with Crippen LogP contribution in [0.25, 0.3) is 0 Å². The lowest BCUT2D eigenvalue weighted by Crippen LogP contribution is -2.39. The molecule has 1 N–H and O–H groups in total. The average Bonchev–Trinajstić information content (AvgIpc) is 3.22. The minimum atomic E-state index is -3.14. The fourth-order valence-corrected chi connectivity index (χ4v) is 4.14. The molecule has 1 aliphatic heterocycles. The van der Waals surface area contributed by atoms with Crippen molar-refractivity contribution in [2.75, 3.05) is 24.6 Å². The first-order valence-electron chi connectivity index (χ1n) is 7.30. The van der Waals surface area contributed by atoms with Gasteiger partial charge >= 0.3 is 0 Å². The summed E-state index contributed by atoms with van der Waals surface area (Å²) >= 11 is 0. The highest BCUT2D eigenvalue weighted by Gasteiger charge is 2.38. The molecule has 0 bridgehead atoms. The number of nitrogens with one attached hydrogen (secondary N) is 1. The van der Waals surface area contributed by atoms with E-state index in [1.807, 2.05) is 11.8 Å². The van der Waals surface area contributed by atoms with E-state index in [-0.39, 0.29) is 11.3 Å². The molecule has 1 unspecified atom stereocenters. The molecule has 1 aromatic heterocycles. The highest BCUT2D eigenvalue weighted by atomic mass is 32.2. The maximum absolute atomic E-state index is 12.0. The zero-order chi connectivity index (χ0) is 14.9. The van der Waals surface area contributed by atoms with Gasteiger partial charge in [0.1, 0.15) is 0 Å². The molecule has 21 heavy (non-hydrogen) atoms. The molecule has 1 aliphatic carbocycles. The Morgan fingerprint density at radius 2 is 2.10 bits per heavy atom. The molecule has 1 saturated heterocycles. The second-order valence-electron chi connectivity index (χ2n) is 5.41. The molecule has 2 fully saturated rings. The largest absolute Gasteiger partial charge is 0.475 e. The Morgan fingerprint density at radius 1 is 1.33 bits per heavy atom. The van der Waals surface area contributed by atoms with Crippen molar-refractivity contribution in [3.05, 3.63) is 12.4 Å². The van der Waals surface area contributed by atoms with Crippen molar-refractivity contribution in [3.63, 3.8) is 0 Å². The van der Waals surface area contributed by atoms with E-state index in [2.05, 4.69) is 14.7 Å². The monoisotopic (exact) mass is 312 g/mol. The Morgan fingerprint density at radius 3 is 2.81 bits per heavy atom. The van der Waals surface area contributed by atoms with Crippen LogP contribution in [0.4, 0.5) is 5.82 Å². The molecular formula is C13H20N4O3S. The van der Waals surface area contributed by atoms with Crippen LogP contribution in [0.2, 0.25) is 0 Å². The molecule has 7 nitrogen and oxygen atoms in total.